The van der Waals surface area contributed by atoms with Crippen LogP contribution in [-0.4, -0.2) is 21.1 Å². The smallest absolute Gasteiger partial charge is 0.287 e. The SMILES string of the molecule is O=C(NC(c1ccccc1)c1ncn[nH]1)c1cc2ccccc2o1. The zero-order valence-electron chi connectivity index (χ0n) is 12.6. The van der Waals surface area contributed by atoms with Crippen LogP contribution >= 0.6 is 0 Å². The van der Waals surface area contributed by atoms with Crippen molar-refractivity contribution in [3.8, 4) is 0 Å². The van der Waals surface area contributed by atoms with E-state index in [1.54, 1.807) is 6.07 Å². The maximum atomic E-state index is 12.6. The van der Waals surface area contributed by atoms with Gasteiger partial charge in [0.15, 0.2) is 11.6 Å². The van der Waals surface area contributed by atoms with Crippen molar-refractivity contribution in [2.75, 3.05) is 0 Å². The van der Waals surface area contributed by atoms with Crippen LogP contribution in [-0.2, 0) is 0 Å². The summed E-state index contributed by atoms with van der Waals surface area (Å²) < 4.78 is 5.63. The number of nitrogens with zero attached hydrogens (tertiary/aromatic N) is 2. The molecule has 1 atom stereocenters. The van der Waals surface area contributed by atoms with Crippen molar-refractivity contribution in [2.24, 2.45) is 0 Å². The molecule has 2 heterocycles. The number of hydrogen-bond acceptors (Lipinski definition) is 4. The van der Waals surface area contributed by atoms with E-state index >= 15 is 0 Å². The van der Waals surface area contributed by atoms with Gasteiger partial charge in [-0.15, -0.1) is 0 Å². The van der Waals surface area contributed by atoms with Gasteiger partial charge in [-0.05, 0) is 17.7 Å². The number of rotatable bonds is 4. The summed E-state index contributed by atoms with van der Waals surface area (Å²) in [7, 11) is 0. The number of nitrogens with one attached hydrogen (secondary N) is 2. The highest BCUT2D eigenvalue weighted by Crippen LogP contribution is 2.22. The summed E-state index contributed by atoms with van der Waals surface area (Å²) in [5.74, 6) is 0.513. The molecule has 0 bridgehead atoms. The average Bonchev–Trinajstić information content (AvgIpc) is 3.29. The molecular formula is C18H14N4O2. The summed E-state index contributed by atoms with van der Waals surface area (Å²) >= 11 is 0. The van der Waals surface area contributed by atoms with Crippen LogP contribution in [0, 0.1) is 0 Å². The number of aromatic amines is 1. The van der Waals surface area contributed by atoms with E-state index in [1.807, 2.05) is 54.6 Å². The minimum absolute atomic E-state index is 0.261. The van der Waals surface area contributed by atoms with E-state index in [-0.39, 0.29) is 11.7 Å². The van der Waals surface area contributed by atoms with Crippen LogP contribution in [0.2, 0.25) is 0 Å². The van der Waals surface area contributed by atoms with Gasteiger partial charge in [-0.25, -0.2) is 4.98 Å². The summed E-state index contributed by atoms with van der Waals surface area (Å²) in [6.07, 6.45) is 1.42. The van der Waals surface area contributed by atoms with Gasteiger partial charge < -0.3 is 9.73 Å². The molecule has 24 heavy (non-hydrogen) atoms. The fraction of sp³-hybridized carbons (Fsp3) is 0.0556. The van der Waals surface area contributed by atoms with Crippen molar-refractivity contribution < 1.29 is 9.21 Å². The predicted molar refractivity (Wildman–Crippen MR) is 88.3 cm³/mol. The Labute approximate surface area is 137 Å². The van der Waals surface area contributed by atoms with Crippen LogP contribution < -0.4 is 5.32 Å². The van der Waals surface area contributed by atoms with Gasteiger partial charge in [0.05, 0.1) is 0 Å². The van der Waals surface area contributed by atoms with Crippen LogP contribution in [0.25, 0.3) is 11.0 Å². The van der Waals surface area contributed by atoms with E-state index < -0.39 is 6.04 Å². The number of H-pyrrole nitrogens is 1. The van der Waals surface area contributed by atoms with Crippen molar-refractivity contribution in [3.63, 3.8) is 0 Å². The number of carbonyl (C=O) groups is 1. The molecule has 2 aromatic carbocycles. The Morgan fingerprint density at radius 2 is 1.88 bits per heavy atom. The Balaban J connectivity index is 1.66. The fourth-order valence-corrected chi connectivity index (χ4v) is 2.61. The quantitative estimate of drug-likeness (QED) is 0.605. The van der Waals surface area contributed by atoms with Crippen molar-refractivity contribution >= 4 is 16.9 Å². The molecule has 4 aromatic rings. The molecule has 1 amide bonds. The van der Waals surface area contributed by atoms with Crippen molar-refractivity contribution in [1.29, 1.82) is 0 Å². The van der Waals surface area contributed by atoms with Gasteiger partial charge in [0, 0.05) is 5.39 Å². The molecule has 0 aliphatic rings. The molecule has 0 aliphatic carbocycles. The molecule has 118 valence electrons. The van der Waals surface area contributed by atoms with Gasteiger partial charge in [-0.1, -0.05) is 48.5 Å². The van der Waals surface area contributed by atoms with Crippen LogP contribution in [0.1, 0.15) is 28.0 Å². The highest BCUT2D eigenvalue weighted by atomic mass is 16.3. The number of hydrogen-bond donors (Lipinski definition) is 2. The molecule has 0 saturated heterocycles. The molecule has 6 nitrogen and oxygen atoms in total. The van der Waals surface area contributed by atoms with Crippen LogP contribution in [0.5, 0.6) is 0 Å². The second kappa shape index (κ2) is 6.00. The number of carbonyl (C=O) groups excluding carboxylic acids is 1. The highest BCUT2D eigenvalue weighted by molar-refractivity contribution is 5.96. The van der Waals surface area contributed by atoms with Gasteiger partial charge in [0.1, 0.15) is 18.0 Å². The second-order valence-electron chi connectivity index (χ2n) is 5.34. The van der Waals surface area contributed by atoms with E-state index in [9.17, 15) is 4.79 Å². The summed E-state index contributed by atoms with van der Waals surface area (Å²) in [4.78, 5) is 16.8. The molecular weight excluding hydrogens is 304 g/mol. The monoisotopic (exact) mass is 318 g/mol. The third-order valence-electron chi connectivity index (χ3n) is 3.76. The molecule has 0 radical (unpaired) electrons. The predicted octanol–water partition coefficient (Wildman–Crippen LogP) is 3.07. The summed E-state index contributed by atoms with van der Waals surface area (Å²) in [6, 6.07) is 18.4. The lowest BCUT2D eigenvalue weighted by Crippen LogP contribution is -2.29. The molecule has 0 fully saturated rings. The number of amides is 1. The molecule has 2 aromatic heterocycles. The van der Waals surface area contributed by atoms with E-state index in [2.05, 4.69) is 20.5 Å². The molecule has 0 aliphatic heterocycles. The highest BCUT2D eigenvalue weighted by Gasteiger charge is 2.22. The maximum Gasteiger partial charge on any atom is 0.287 e. The Hall–Kier alpha value is -3.41. The average molecular weight is 318 g/mol. The normalized spacial score (nSPS) is 12.2. The van der Waals surface area contributed by atoms with Gasteiger partial charge in [0.25, 0.3) is 5.91 Å². The lowest BCUT2D eigenvalue weighted by molar-refractivity contribution is 0.0916. The van der Waals surface area contributed by atoms with E-state index in [0.717, 1.165) is 10.9 Å². The molecule has 6 heteroatoms. The van der Waals surface area contributed by atoms with Crippen molar-refractivity contribution in [2.45, 2.75) is 6.04 Å². The zero-order chi connectivity index (χ0) is 16.4. The zero-order valence-corrected chi connectivity index (χ0v) is 12.6. The Bertz CT molecular complexity index is 928. The number of fused-ring (bicyclic) bond motifs is 1. The topological polar surface area (TPSA) is 83.8 Å². The standard InChI is InChI=1S/C18H14N4O2/c23-18(15-10-13-8-4-5-9-14(13)24-15)21-16(17-19-11-20-22-17)12-6-2-1-3-7-12/h1-11,16H,(H,21,23)(H,19,20,22). The first kappa shape index (κ1) is 14.2. The second-order valence-corrected chi connectivity index (χ2v) is 5.34. The van der Waals surface area contributed by atoms with Crippen LogP contribution in [0.15, 0.2) is 71.4 Å². The number of furan rings is 1. The Morgan fingerprint density at radius 1 is 1.08 bits per heavy atom. The maximum absolute atomic E-state index is 12.6. The number of para-hydroxylation sites is 1. The van der Waals surface area contributed by atoms with Crippen LogP contribution in [0.4, 0.5) is 0 Å². The van der Waals surface area contributed by atoms with Gasteiger partial charge >= 0.3 is 0 Å². The van der Waals surface area contributed by atoms with Gasteiger partial charge in [0.2, 0.25) is 0 Å². The largest absolute Gasteiger partial charge is 0.451 e. The number of benzene rings is 2. The molecule has 0 saturated carbocycles. The lowest BCUT2D eigenvalue weighted by atomic mass is 10.1. The Morgan fingerprint density at radius 3 is 2.62 bits per heavy atom. The van der Waals surface area contributed by atoms with E-state index in [0.29, 0.717) is 11.4 Å². The first-order chi connectivity index (χ1) is 11.8. The molecule has 4 rings (SSSR count). The minimum Gasteiger partial charge on any atom is -0.451 e. The minimum atomic E-state index is -0.436. The first-order valence-corrected chi connectivity index (χ1v) is 7.51. The molecule has 2 N–H and O–H groups in total. The summed E-state index contributed by atoms with van der Waals surface area (Å²) in [5.41, 5.74) is 1.58. The molecule has 1 unspecified atom stereocenters. The lowest BCUT2D eigenvalue weighted by Gasteiger charge is -2.15. The summed E-state index contributed by atoms with van der Waals surface area (Å²) in [6.45, 7) is 0. The van der Waals surface area contributed by atoms with Gasteiger partial charge in [-0.3, -0.25) is 9.89 Å². The molecule has 0 spiro atoms. The third-order valence-corrected chi connectivity index (χ3v) is 3.76. The van der Waals surface area contributed by atoms with Crippen molar-refractivity contribution in [1.82, 2.24) is 20.5 Å². The third kappa shape index (κ3) is 2.65. The van der Waals surface area contributed by atoms with Gasteiger partial charge in [-0.2, -0.15) is 5.10 Å². The first-order valence-electron chi connectivity index (χ1n) is 7.51. The van der Waals surface area contributed by atoms with E-state index in [1.165, 1.54) is 6.33 Å². The van der Waals surface area contributed by atoms with E-state index in [4.69, 9.17) is 4.42 Å². The van der Waals surface area contributed by atoms with Crippen molar-refractivity contribution in [3.05, 3.63) is 84.1 Å². The fourth-order valence-electron chi connectivity index (χ4n) is 2.61. The Kier molecular flexibility index (Phi) is 3.55. The number of aromatic nitrogens is 3. The van der Waals surface area contributed by atoms with Crippen LogP contribution in [0.3, 0.4) is 0 Å². The summed E-state index contributed by atoms with van der Waals surface area (Å²) in [5, 5.41) is 10.5.